The first-order valence-corrected chi connectivity index (χ1v) is 12.3. The van der Waals surface area contributed by atoms with Crippen LogP contribution in [0.4, 0.5) is 5.69 Å². The lowest BCUT2D eigenvalue weighted by atomic mass is 9.93. The summed E-state index contributed by atoms with van der Waals surface area (Å²) in [7, 11) is 0. The van der Waals surface area contributed by atoms with Crippen LogP contribution < -0.4 is 10.1 Å². The molecule has 1 aliphatic rings. The van der Waals surface area contributed by atoms with E-state index in [-0.39, 0.29) is 57.1 Å². The van der Waals surface area contributed by atoms with Gasteiger partial charge in [0.15, 0.2) is 5.75 Å². The SMILES string of the molecule is CCOC(=O)C(=O)Nc1cc(Cl)c(Oc2ccc(O)c(C(=O)N(CC)C3CCCCC3)c2)c(Cl)c1. The number of phenols is 1. The fourth-order valence-corrected chi connectivity index (χ4v) is 4.66. The molecular weight excluding hydrogens is 495 g/mol. The number of esters is 1. The minimum absolute atomic E-state index is 0.0638. The molecule has 10 heteroatoms. The molecule has 1 saturated carbocycles. The van der Waals surface area contributed by atoms with Gasteiger partial charge in [0.25, 0.3) is 5.91 Å². The Labute approximate surface area is 214 Å². The summed E-state index contributed by atoms with van der Waals surface area (Å²) in [6.45, 7) is 4.11. The Morgan fingerprint density at radius 1 is 1.06 bits per heavy atom. The summed E-state index contributed by atoms with van der Waals surface area (Å²) >= 11 is 12.6. The normalized spacial score (nSPS) is 13.7. The largest absolute Gasteiger partial charge is 0.507 e. The molecule has 2 aromatic rings. The first kappa shape index (κ1) is 26.6. The van der Waals surface area contributed by atoms with Gasteiger partial charge in [0, 0.05) is 18.3 Å². The molecule has 3 rings (SSSR count). The molecule has 2 aromatic carbocycles. The number of aromatic hydroxyl groups is 1. The number of hydrogen-bond donors (Lipinski definition) is 2. The Morgan fingerprint density at radius 3 is 2.31 bits per heavy atom. The Bertz CT molecular complexity index is 1080. The van der Waals surface area contributed by atoms with Gasteiger partial charge in [0.2, 0.25) is 0 Å². The van der Waals surface area contributed by atoms with E-state index in [1.807, 2.05) is 6.92 Å². The van der Waals surface area contributed by atoms with Crippen LogP contribution in [-0.4, -0.2) is 47.0 Å². The lowest BCUT2D eigenvalue weighted by molar-refractivity contribution is -0.152. The average molecular weight is 523 g/mol. The van der Waals surface area contributed by atoms with Crippen molar-refractivity contribution in [3.05, 3.63) is 45.9 Å². The highest BCUT2D eigenvalue weighted by atomic mass is 35.5. The van der Waals surface area contributed by atoms with E-state index < -0.39 is 11.9 Å². The number of carbonyl (C=O) groups excluding carboxylic acids is 3. The Kier molecular flexibility index (Phi) is 9.23. The van der Waals surface area contributed by atoms with Gasteiger partial charge in [-0.15, -0.1) is 0 Å². The zero-order valence-electron chi connectivity index (χ0n) is 19.6. The number of carbonyl (C=O) groups is 3. The molecule has 1 fully saturated rings. The molecule has 35 heavy (non-hydrogen) atoms. The number of anilines is 1. The minimum Gasteiger partial charge on any atom is -0.507 e. The molecule has 0 aliphatic heterocycles. The number of halogens is 2. The molecule has 188 valence electrons. The van der Waals surface area contributed by atoms with Crippen molar-refractivity contribution in [2.75, 3.05) is 18.5 Å². The number of hydrogen-bond acceptors (Lipinski definition) is 6. The monoisotopic (exact) mass is 522 g/mol. The number of rotatable bonds is 7. The summed E-state index contributed by atoms with van der Waals surface area (Å²) in [5.41, 5.74) is 0.304. The van der Waals surface area contributed by atoms with Crippen molar-refractivity contribution in [1.29, 1.82) is 0 Å². The maximum atomic E-state index is 13.3. The quantitative estimate of drug-likeness (QED) is 0.352. The van der Waals surface area contributed by atoms with Gasteiger partial charge in [0.1, 0.15) is 11.5 Å². The third kappa shape index (κ3) is 6.58. The van der Waals surface area contributed by atoms with Crippen LogP contribution in [0.1, 0.15) is 56.3 Å². The van der Waals surface area contributed by atoms with Crippen LogP contribution in [0.25, 0.3) is 0 Å². The Hall–Kier alpha value is -2.97. The van der Waals surface area contributed by atoms with Gasteiger partial charge in [-0.05, 0) is 57.0 Å². The predicted molar refractivity (Wildman–Crippen MR) is 133 cm³/mol. The van der Waals surface area contributed by atoms with Crippen molar-refractivity contribution in [1.82, 2.24) is 4.90 Å². The second-order valence-corrected chi connectivity index (χ2v) is 8.92. The fraction of sp³-hybridized carbons (Fsp3) is 0.400. The third-order valence-corrected chi connectivity index (χ3v) is 6.31. The second kappa shape index (κ2) is 12.1. The van der Waals surface area contributed by atoms with E-state index in [0.717, 1.165) is 25.7 Å². The standard InChI is InChI=1S/C25H28Cl2N2O6/c1-3-29(16-8-6-5-7-9-16)24(32)18-14-17(10-11-21(18)30)35-22-19(26)12-15(13-20(22)27)28-23(31)25(33)34-4-2/h10-14,16,30H,3-9H2,1-2H3,(H,28,31). The average Bonchev–Trinajstić information content (AvgIpc) is 2.83. The zero-order valence-corrected chi connectivity index (χ0v) is 21.1. The number of amides is 2. The second-order valence-electron chi connectivity index (χ2n) is 8.11. The predicted octanol–water partition coefficient (Wildman–Crippen LogP) is 5.79. The zero-order chi connectivity index (χ0) is 25.5. The smallest absolute Gasteiger partial charge is 0.397 e. The first-order valence-electron chi connectivity index (χ1n) is 11.5. The molecule has 0 atom stereocenters. The van der Waals surface area contributed by atoms with Crippen LogP contribution in [0.5, 0.6) is 17.2 Å². The van der Waals surface area contributed by atoms with Crippen molar-refractivity contribution in [3.63, 3.8) is 0 Å². The maximum absolute atomic E-state index is 13.3. The molecular formula is C25H28Cl2N2O6. The molecule has 0 spiro atoms. The van der Waals surface area contributed by atoms with Gasteiger partial charge in [-0.1, -0.05) is 42.5 Å². The van der Waals surface area contributed by atoms with E-state index in [0.29, 0.717) is 6.54 Å². The first-order chi connectivity index (χ1) is 16.7. The van der Waals surface area contributed by atoms with Crippen molar-refractivity contribution in [3.8, 4) is 17.2 Å². The summed E-state index contributed by atoms with van der Waals surface area (Å²) < 4.78 is 10.5. The number of ether oxygens (including phenoxy) is 2. The van der Waals surface area contributed by atoms with Crippen molar-refractivity contribution in [2.24, 2.45) is 0 Å². The Balaban J connectivity index is 1.80. The van der Waals surface area contributed by atoms with E-state index in [9.17, 15) is 19.5 Å². The van der Waals surface area contributed by atoms with E-state index in [4.69, 9.17) is 27.9 Å². The molecule has 1 aliphatic carbocycles. The summed E-state index contributed by atoms with van der Waals surface area (Å²) in [6.07, 6.45) is 5.22. The lowest BCUT2D eigenvalue weighted by Gasteiger charge is -2.33. The highest BCUT2D eigenvalue weighted by molar-refractivity contribution is 6.39. The number of phenolic OH excluding ortho intramolecular Hbond substituents is 1. The molecule has 0 bridgehead atoms. The summed E-state index contributed by atoms with van der Waals surface area (Å²) in [5.74, 6) is -2.07. The van der Waals surface area contributed by atoms with Crippen LogP contribution in [0.3, 0.4) is 0 Å². The van der Waals surface area contributed by atoms with Crippen LogP contribution in [-0.2, 0) is 14.3 Å². The van der Waals surface area contributed by atoms with Gasteiger partial charge >= 0.3 is 11.9 Å². The van der Waals surface area contributed by atoms with E-state index in [1.165, 1.54) is 36.8 Å². The van der Waals surface area contributed by atoms with Crippen molar-refractivity contribution < 1.29 is 29.0 Å². The summed E-state index contributed by atoms with van der Waals surface area (Å²) in [4.78, 5) is 38.5. The number of benzene rings is 2. The highest BCUT2D eigenvalue weighted by Crippen LogP contribution is 2.40. The molecule has 2 N–H and O–H groups in total. The fourth-order valence-electron chi connectivity index (χ4n) is 4.09. The number of nitrogens with zero attached hydrogens (tertiary/aromatic N) is 1. The summed E-state index contributed by atoms with van der Waals surface area (Å²) in [5, 5.41) is 12.9. The van der Waals surface area contributed by atoms with Crippen molar-refractivity contribution in [2.45, 2.75) is 52.0 Å². The van der Waals surface area contributed by atoms with Crippen LogP contribution in [0.15, 0.2) is 30.3 Å². The molecule has 0 aromatic heterocycles. The van der Waals surface area contributed by atoms with Crippen LogP contribution in [0.2, 0.25) is 10.0 Å². The van der Waals surface area contributed by atoms with E-state index in [1.54, 1.807) is 11.8 Å². The molecule has 2 amide bonds. The molecule has 0 saturated heterocycles. The van der Waals surface area contributed by atoms with Gasteiger partial charge in [-0.25, -0.2) is 4.79 Å². The Morgan fingerprint density at radius 2 is 1.71 bits per heavy atom. The van der Waals surface area contributed by atoms with E-state index >= 15 is 0 Å². The molecule has 0 radical (unpaired) electrons. The van der Waals surface area contributed by atoms with Crippen molar-refractivity contribution >= 4 is 46.7 Å². The minimum atomic E-state index is -1.03. The molecule has 8 nitrogen and oxygen atoms in total. The molecule has 0 unspecified atom stereocenters. The molecule has 0 heterocycles. The van der Waals surface area contributed by atoms with Gasteiger partial charge in [-0.2, -0.15) is 0 Å². The summed E-state index contributed by atoms with van der Waals surface area (Å²) in [6, 6.07) is 7.21. The highest BCUT2D eigenvalue weighted by Gasteiger charge is 2.27. The number of nitrogens with one attached hydrogen (secondary N) is 1. The van der Waals surface area contributed by atoms with Gasteiger partial charge in [-0.3, -0.25) is 9.59 Å². The topological polar surface area (TPSA) is 105 Å². The lowest BCUT2D eigenvalue weighted by Crippen LogP contribution is -2.41. The van der Waals surface area contributed by atoms with Gasteiger partial charge in [0.05, 0.1) is 22.2 Å². The van der Waals surface area contributed by atoms with E-state index in [2.05, 4.69) is 10.1 Å². The van der Waals surface area contributed by atoms with Crippen LogP contribution >= 0.6 is 23.2 Å². The maximum Gasteiger partial charge on any atom is 0.397 e. The third-order valence-electron chi connectivity index (χ3n) is 5.75. The van der Waals surface area contributed by atoms with Crippen LogP contribution in [0, 0.1) is 0 Å². The van der Waals surface area contributed by atoms with Gasteiger partial charge < -0.3 is 24.8 Å².